The van der Waals surface area contributed by atoms with E-state index in [4.69, 9.17) is 4.98 Å². The van der Waals surface area contributed by atoms with Crippen LogP contribution in [-0.2, 0) is 11.3 Å². The normalized spacial score (nSPS) is 18.0. The number of imidazole rings is 1. The van der Waals surface area contributed by atoms with Crippen LogP contribution in [0.5, 0.6) is 5.75 Å². The maximum absolute atomic E-state index is 12.6. The summed E-state index contributed by atoms with van der Waals surface area (Å²) in [7, 11) is 0. The third-order valence-electron chi connectivity index (χ3n) is 7.26. The van der Waals surface area contributed by atoms with E-state index in [2.05, 4.69) is 58.9 Å². The predicted octanol–water partition coefficient (Wildman–Crippen LogP) is 5.64. The summed E-state index contributed by atoms with van der Waals surface area (Å²) in [5, 5.41) is 9.83. The molecule has 34 heavy (non-hydrogen) atoms. The Hall–Kier alpha value is -3.60. The lowest BCUT2D eigenvalue weighted by molar-refractivity contribution is -0.131. The van der Waals surface area contributed by atoms with Gasteiger partial charge in [-0.05, 0) is 67.0 Å². The maximum Gasteiger partial charge on any atom is 0.225 e. The van der Waals surface area contributed by atoms with E-state index in [1.807, 2.05) is 12.1 Å². The van der Waals surface area contributed by atoms with Crippen molar-refractivity contribution in [3.63, 3.8) is 0 Å². The number of aromatic nitrogens is 2. The molecule has 1 saturated carbocycles. The molecule has 3 aromatic carbocycles. The van der Waals surface area contributed by atoms with Gasteiger partial charge >= 0.3 is 0 Å². The predicted molar refractivity (Wildman–Crippen MR) is 134 cm³/mol. The summed E-state index contributed by atoms with van der Waals surface area (Å²) in [6.45, 7) is 4.72. The number of fused-ring (bicyclic) bond motifs is 1. The molecule has 172 valence electrons. The molecule has 2 fully saturated rings. The number of benzene rings is 3. The minimum absolute atomic E-state index is 0.268. The molecule has 0 bridgehead atoms. The Labute approximate surface area is 199 Å². The number of carbonyl (C=O) groups is 1. The van der Waals surface area contributed by atoms with Crippen LogP contribution < -0.4 is 0 Å². The molecular weight excluding hydrogens is 422 g/mol. The number of para-hydroxylation sites is 1. The van der Waals surface area contributed by atoms with Gasteiger partial charge in [0.1, 0.15) is 11.6 Å². The molecule has 5 nitrogen and oxygen atoms in total. The van der Waals surface area contributed by atoms with Crippen molar-refractivity contribution >= 4 is 16.9 Å². The molecule has 1 atom stereocenters. The largest absolute Gasteiger partial charge is 0.508 e. The van der Waals surface area contributed by atoms with Gasteiger partial charge in [-0.3, -0.25) is 4.79 Å². The fourth-order valence-electron chi connectivity index (χ4n) is 5.29. The summed E-state index contributed by atoms with van der Waals surface area (Å²) in [6.07, 6.45) is 3.17. The molecule has 0 radical (unpaired) electrons. The van der Waals surface area contributed by atoms with Gasteiger partial charge in [-0.25, -0.2) is 4.98 Å². The maximum atomic E-state index is 12.6. The van der Waals surface area contributed by atoms with Gasteiger partial charge in [0.05, 0.1) is 11.0 Å². The number of phenols is 1. The first-order valence-corrected chi connectivity index (χ1v) is 12.2. The lowest BCUT2D eigenvalue weighted by atomic mass is 10.0. The number of amides is 1. The number of nitrogens with zero attached hydrogens (tertiary/aromatic N) is 3. The molecule has 1 saturated heterocycles. The minimum Gasteiger partial charge on any atom is -0.508 e. The highest BCUT2D eigenvalue weighted by Crippen LogP contribution is 2.35. The highest BCUT2D eigenvalue weighted by atomic mass is 16.3. The van der Waals surface area contributed by atoms with Gasteiger partial charge in [0.25, 0.3) is 0 Å². The number of hydrogen-bond acceptors (Lipinski definition) is 3. The standard InChI is InChI=1S/C29H29N3O2/c1-19-4-2-7-26-27(19)32(18-20-14-15-31(17-20)29(34)23-12-13-23)28(30-26)22-10-8-21(9-11-22)24-5-3-6-25(33)16-24/h2-11,16,20,23,33H,12-15,17-18H2,1H3/t20-/m0/s1. The smallest absolute Gasteiger partial charge is 0.225 e. The van der Waals surface area contributed by atoms with E-state index in [0.717, 1.165) is 66.9 Å². The second kappa shape index (κ2) is 8.32. The summed E-state index contributed by atoms with van der Waals surface area (Å²) in [4.78, 5) is 19.7. The second-order valence-electron chi connectivity index (χ2n) is 9.83. The molecule has 0 spiro atoms. The van der Waals surface area contributed by atoms with E-state index in [9.17, 15) is 9.90 Å². The molecule has 0 unspecified atom stereocenters. The fourth-order valence-corrected chi connectivity index (χ4v) is 5.29. The molecule has 4 aromatic rings. The first-order chi connectivity index (χ1) is 16.6. The van der Waals surface area contributed by atoms with E-state index in [1.54, 1.807) is 12.1 Å². The van der Waals surface area contributed by atoms with Crippen LogP contribution in [0.2, 0.25) is 0 Å². The van der Waals surface area contributed by atoms with Gasteiger partial charge in [0.15, 0.2) is 0 Å². The van der Waals surface area contributed by atoms with E-state index in [0.29, 0.717) is 11.8 Å². The zero-order chi connectivity index (χ0) is 23.2. The Kier molecular flexibility index (Phi) is 5.13. The average molecular weight is 452 g/mol. The van der Waals surface area contributed by atoms with Crippen molar-refractivity contribution < 1.29 is 9.90 Å². The Morgan fingerprint density at radius 2 is 1.74 bits per heavy atom. The molecule has 6 rings (SSSR count). The second-order valence-corrected chi connectivity index (χ2v) is 9.83. The van der Waals surface area contributed by atoms with Crippen molar-refractivity contribution in [1.29, 1.82) is 0 Å². The lowest BCUT2D eigenvalue weighted by Gasteiger charge is -2.18. The van der Waals surface area contributed by atoms with E-state index in [1.165, 1.54) is 11.1 Å². The van der Waals surface area contributed by atoms with Crippen molar-refractivity contribution in [2.45, 2.75) is 32.7 Å². The van der Waals surface area contributed by atoms with Crippen molar-refractivity contribution in [2.75, 3.05) is 13.1 Å². The van der Waals surface area contributed by atoms with Crippen molar-refractivity contribution in [3.05, 3.63) is 72.3 Å². The first kappa shape index (κ1) is 21.0. The molecule has 2 heterocycles. The molecule has 2 aliphatic rings. The fraction of sp³-hybridized carbons (Fsp3) is 0.310. The van der Waals surface area contributed by atoms with Crippen LogP contribution in [0.15, 0.2) is 66.7 Å². The quantitative estimate of drug-likeness (QED) is 0.427. The molecule has 1 N–H and O–H groups in total. The van der Waals surface area contributed by atoms with Crippen LogP contribution in [0.1, 0.15) is 24.8 Å². The molecular formula is C29H29N3O2. The van der Waals surface area contributed by atoms with Crippen LogP contribution in [-0.4, -0.2) is 38.6 Å². The molecule has 1 aromatic heterocycles. The third kappa shape index (κ3) is 3.85. The van der Waals surface area contributed by atoms with Crippen LogP contribution in [0.3, 0.4) is 0 Å². The Balaban J connectivity index is 1.33. The monoisotopic (exact) mass is 451 g/mol. The van der Waals surface area contributed by atoms with Crippen LogP contribution in [0, 0.1) is 18.8 Å². The van der Waals surface area contributed by atoms with Gasteiger partial charge in [0, 0.05) is 31.1 Å². The number of rotatable bonds is 5. The van der Waals surface area contributed by atoms with E-state index >= 15 is 0 Å². The van der Waals surface area contributed by atoms with Crippen LogP contribution >= 0.6 is 0 Å². The first-order valence-electron chi connectivity index (χ1n) is 12.2. The van der Waals surface area contributed by atoms with Gasteiger partial charge in [-0.1, -0.05) is 48.5 Å². The number of carbonyl (C=O) groups excluding carboxylic acids is 1. The SMILES string of the molecule is Cc1cccc2nc(-c3ccc(-c4cccc(O)c4)cc3)n(C[C@H]3CCN(C(=O)C4CC4)C3)c12. The summed E-state index contributed by atoms with van der Waals surface area (Å²) < 4.78 is 2.36. The summed E-state index contributed by atoms with van der Waals surface area (Å²) >= 11 is 0. The van der Waals surface area contributed by atoms with Crippen LogP contribution in [0.4, 0.5) is 0 Å². The summed E-state index contributed by atoms with van der Waals surface area (Å²) in [5.41, 5.74) is 6.53. The Morgan fingerprint density at radius 3 is 2.50 bits per heavy atom. The molecule has 1 amide bonds. The topological polar surface area (TPSA) is 58.4 Å². The summed E-state index contributed by atoms with van der Waals surface area (Å²) in [5.74, 6) is 2.32. The Morgan fingerprint density at radius 1 is 0.971 bits per heavy atom. The van der Waals surface area contributed by atoms with Crippen molar-refractivity contribution in [2.24, 2.45) is 11.8 Å². The van der Waals surface area contributed by atoms with Crippen molar-refractivity contribution in [1.82, 2.24) is 14.5 Å². The van der Waals surface area contributed by atoms with Crippen molar-refractivity contribution in [3.8, 4) is 28.3 Å². The number of aryl methyl sites for hydroxylation is 1. The van der Waals surface area contributed by atoms with Gasteiger partial charge in [-0.15, -0.1) is 0 Å². The summed E-state index contributed by atoms with van der Waals surface area (Å²) in [6, 6.07) is 22.0. The highest BCUT2D eigenvalue weighted by Gasteiger charge is 2.36. The minimum atomic E-state index is 0.268. The average Bonchev–Trinajstić information content (AvgIpc) is 3.48. The highest BCUT2D eigenvalue weighted by molar-refractivity contribution is 5.84. The van der Waals surface area contributed by atoms with Gasteiger partial charge < -0.3 is 14.6 Å². The number of hydrogen-bond donors (Lipinski definition) is 1. The van der Waals surface area contributed by atoms with Gasteiger partial charge in [-0.2, -0.15) is 0 Å². The third-order valence-corrected chi connectivity index (χ3v) is 7.26. The van der Waals surface area contributed by atoms with Gasteiger partial charge in [0.2, 0.25) is 5.91 Å². The number of aromatic hydroxyl groups is 1. The molecule has 1 aliphatic heterocycles. The zero-order valence-electron chi connectivity index (χ0n) is 19.4. The zero-order valence-corrected chi connectivity index (χ0v) is 19.4. The Bertz CT molecular complexity index is 1370. The molecule has 5 heteroatoms. The molecule has 1 aliphatic carbocycles. The number of phenolic OH excluding ortho intramolecular Hbond substituents is 1. The van der Waals surface area contributed by atoms with E-state index < -0.39 is 0 Å². The van der Waals surface area contributed by atoms with E-state index in [-0.39, 0.29) is 11.7 Å². The number of likely N-dealkylation sites (tertiary alicyclic amines) is 1. The lowest BCUT2D eigenvalue weighted by Crippen LogP contribution is -2.30. The van der Waals surface area contributed by atoms with Crippen LogP contribution in [0.25, 0.3) is 33.5 Å².